The maximum atomic E-state index is 12.3. The molecule has 0 saturated carbocycles. The minimum absolute atomic E-state index is 0.155. The number of carbonyl (C=O) groups is 1. The summed E-state index contributed by atoms with van der Waals surface area (Å²) in [6, 6.07) is 4.23. The van der Waals surface area contributed by atoms with E-state index in [4.69, 9.17) is 11.6 Å². The van der Waals surface area contributed by atoms with E-state index in [0.29, 0.717) is 11.3 Å². The summed E-state index contributed by atoms with van der Waals surface area (Å²) >= 11 is 5.68. The van der Waals surface area contributed by atoms with Crippen LogP contribution >= 0.6 is 11.6 Å². The Morgan fingerprint density at radius 3 is 2.53 bits per heavy atom. The largest absolute Gasteiger partial charge is 0.405 e. The molecule has 1 aromatic carbocycles. The number of nitrogens with zero attached hydrogens (tertiary/aromatic N) is 1. The van der Waals surface area contributed by atoms with Crippen LogP contribution in [0.4, 0.5) is 18.9 Å². The lowest BCUT2D eigenvalue weighted by Gasteiger charge is -2.25. The number of benzene rings is 1. The van der Waals surface area contributed by atoms with Gasteiger partial charge in [-0.25, -0.2) is 0 Å². The molecule has 0 heterocycles. The van der Waals surface area contributed by atoms with E-state index >= 15 is 0 Å². The molecule has 0 aliphatic carbocycles. The monoisotopic (exact) mass is 265 g/mol. The van der Waals surface area contributed by atoms with Crippen LogP contribution < -0.4 is 4.90 Å². The Hall–Kier alpha value is -1.23. The van der Waals surface area contributed by atoms with E-state index in [1.165, 1.54) is 18.2 Å². The highest BCUT2D eigenvalue weighted by molar-refractivity contribution is 6.31. The van der Waals surface area contributed by atoms with Gasteiger partial charge in [-0.05, 0) is 25.1 Å². The summed E-state index contributed by atoms with van der Waals surface area (Å²) in [6.07, 6.45) is -3.81. The lowest BCUT2D eigenvalue weighted by Crippen LogP contribution is -2.34. The summed E-state index contributed by atoms with van der Waals surface area (Å²) in [6.45, 7) is 0.656. The van der Waals surface area contributed by atoms with Gasteiger partial charge in [0.1, 0.15) is 6.54 Å². The molecule has 6 heteroatoms. The number of aldehydes is 1. The summed E-state index contributed by atoms with van der Waals surface area (Å²) in [5.41, 5.74) is 0.396. The second kappa shape index (κ2) is 5.40. The Morgan fingerprint density at radius 2 is 2.06 bits per heavy atom. The molecule has 0 saturated heterocycles. The highest BCUT2D eigenvalue weighted by Gasteiger charge is 2.31. The van der Waals surface area contributed by atoms with E-state index in [1.54, 1.807) is 6.92 Å². The van der Waals surface area contributed by atoms with E-state index < -0.39 is 12.7 Å². The number of anilines is 1. The molecule has 0 N–H and O–H groups in total. The predicted octanol–water partition coefficient (Wildman–Crippen LogP) is 3.54. The Labute approximate surface area is 102 Å². The lowest BCUT2D eigenvalue weighted by molar-refractivity contribution is -0.119. The Bertz CT molecular complexity index is 406. The minimum Gasteiger partial charge on any atom is -0.362 e. The molecule has 0 radical (unpaired) electrons. The molecule has 0 aliphatic heterocycles. The maximum Gasteiger partial charge on any atom is 0.405 e. The van der Waals surface area contributed by atoms with Gasteiger partial charge in [0.25, 0.3) is 0 Å². The Morgan fingerprint density at radius 1 is 1.41 bits per heavy atom. The molecular weight excluding hydrogens is 255 g/mol. The van der Waals surface area contributed by atoms with Gasteiger partial charge >= 0.3 is 6.18 Å². The van der Waals surface area contributed by atoms with Crippen molar-refractivity contribution in [3.8, 4) is 0 Å². The summed E-state index contributed by atoms with van der Waals surface area (Å²) in [5, 5.41) is 0.318. The molecule has 0 aromatic heterocycles. The van der Waals surface area contributed by atoms with Crippen LogP contribution in [-0.2, 0) is 0 Å². The molecule has 0 atom stereocenters. The highest BCUT2D eigenvalue weighted by Crippen LogP contribution is 2.26. The molecule has 2 nitrogen and oxygen atoms in total. The van der Waals surface area contributed by atoms with Gasteiger partial charge < -0.3 is 4.90 Å². The Balaban J connectivity index is 3.07. The lowest BCUT2D eigenvalue weighted by atomic mass is 10.1. The number of rotatable bonds is 4. The van der Waals surface area contributed by atoms with Crippen molar-refractivity contribution in [1.82, 2.24) is 0 Å². The molecule has 0 bridgehead atoms. The smallest absolute Gasteiger partial charge is 0.362 e. The van der Waals surface area contributed by atoms with Crippen LogP contribution in [0.2, 0.25) is 5.02 Å². The van der Waals surface area contributed by atoms with Crippen LogP contribution in [0.3, 0.4) is 0 Å². The second-order valence-corrected chi connectivity index (χ2v) is 3.89. The van der Waals surface area contributed by atoms with Crippen molar-refractivity contribution >= 4 is 23.6 Å². The number of halogens is 4. The molecule has 1 rings (SSSR count). The van der Waals surface area contributed by atoms with Crippen LogP contribution in [0.25, 0.3) is 0 Å². The van der Waals surface area contributed by atoms with E-state index in [0.717, 1.165) is 4.90 Å². The van der Waals surface area contributed by atoms with Gasteiger partial charge in [-0.15, -0.1) is 0 Å². The van der Waals surface area contributed by atoms with Gasteiger partial charge in [0.2, 0.25) is 0 Å². The summed E-state index contributed by atoms with van der Waals surface area (Å²) in [4.78, 5) is 11.9. The highest BCUT2D eigenvalue weighted by atomic mass is 35.5. The first-order valence-electron chi connectivity index (χ1n) is 4.94. The van der Waals surface area contributed by atoms with Gasteiger partial charge in [-0.3, -0.25) is 4.79 Å². The van der Waals surface area contributed by atoms with Crippen molar-refractivity contribution in [1.29, 1.82) is 0 Å². The zero-order valence-electron chi connectivity index (χ0n) is 9.09. The van der Waals surface area contributed by atoms with Crippen molar-refractivity contribution in [2.45, 2.75) is 13.1 Å². The number of alkyl halides is 3. The average molecular weight is 266 g/mol. The summed E-state index contributed by atoms with van der Waals surface area (Å²) < 4.78 is 37.0. The maximum absolute atomic E-state index is 12.3. The zero-order valence-corrected chi connectivity index (χ0v) is 9.85. The SMILES string of the molecule is CCN(CC(F)(F)F)c1ccc(Cl)cc1C=O. The van der Waals surface area contributed by atoms with Gasteiger partial charge in [0.15, 0.2) is 6.29 Å². The van der Waals surface area contributed by atoms with Crippen molar-refractivity contribution in [2.75, 3.05) is 18.0 Å². The van der Waals surface area contributed by atoms with Gasteiger partial charge in [0, 0.05) is 22.8 Å². The minimum atomic E-state index is -4.31. The van der Waals surface area contributed by atoms with Crippen molar-refractivity contribution in [3.63, 3.8) is 0 Å². The normalized spacial score (nSPS) is 11.4. The first-order valence-corrected chi connectivity index (χ1v) is 5.31. The molecule has 0 fully saturated rings. The summed E-state index contributed by atoms with van der Waals surface area (Å²) in [5.74, 6) is 0. The van der Waals surface area contributed by atoms with E-state index in [9.17, 15) is 18.0 Å². The summed E-state index contributed by atoms with van der Waals surface area (Å²) in [7, 11) is 0. The third kappa shape index (κ3) is 3.93. The zero-order chi connectivity index (χ0) is 13.1. The molecular formula is C11H11ClF3NO. The molecule has 0 aliphatic rings. The van der Waals surface area contributed by atoms with E-state index in [1.807, 2.05) is 0 Å². The third-order valence-corrected chi connectivity index (χ3v) is 2.44. The van der Waals surface area contributed by atoms with Crippen LogP contribution in [-0.4, -0.2) is 25.6 Å². The number of hydrogen-bond acceptors (Lipinski definition) is 2. The molecule has 0 amide bonds. The quantitative estimate of drug-likeness (QED) is 0.776. The molecule has 1 aromatic rings. The molecule has 0 spiro atoms. The second-order valence-electron chi connectivity index (χ2n) is 3.45. The average Bonchev–Trinajstić information content (AvgIpc) is 2.24. The van der Waals surface area contributed by atoms with Crippen molar-refractivity contribution < 1.29 is 18.0 Å². The van der Waals surface area contributed by atoms with Crippen LogP contribution in [0.15, 0.2) is 18.2 Å². The first kappa shape index (κ1) is 13.8. The van der Waals surface area contributed by atoms with Crippen molar-refractivity contribution in [3.05, 3.63) is 28.8 Å². The fraction of sp³-hybridized carbons (Fsp3) is 0.364. The van der Waals surface area contributed by atoms with Gasteiger partial charge in [-0.2, -0.15) is 13.2 Å². The van der Waals surface area contributed by atoms with Gasteiger partial charge in [-0.1, -0.05) is 11.6 Å². The molecule has 94 valence electrons. The van der Waals surface area contributed by atoms with Crippen molar-refractivity contribution in [2.24, 2.45) is 0 Å². The van der Waals surface area contributed by atoms with Crippen LogP contribution in [0, 0.1) is 0 Å². The fourth-order valence-electron chi connectivity index (χ4n) is 1.49. The Kier molecular flexibility index (Phi) is 4.40. The third-order valence-electron chi connectivity index (χ3n) is 2.21. The van der Waals surface area contributed by atoms with Crippen LogP contribution in [0.1, 0.15) is 17.3 Å². The fourth-order valence-corrected chi connectivity index (χ4v) is 1.67. The topological polar surface area (TPSA) is 20.3 Å². The number of carbonyl (C=O) groups excluding carboxylic acids is 1. The standard InChI is InChI=1S/C11H11ClF3NO/c1-2-16(7-11(13,14)15)10-4-3-9(12)5-8(10)6-17/h3-6H,2,7H2,1H3. The predicted molar refractivity (Wildman–Crippen MR) is 60.8 cm³/mol. The van der Waals surface area contributed by atoms with Gasteiger partial charge in [0.05, 0.1) is 0 Å². The molecule has 17 heavy (non-hydrogen) atoms. The number of hydrogen-bond donors (Lipinski definition) is 0. The van der Waals surface area contributed by atoms with Crippen LogP contribution in [0.5, 0.6) is 0 Å². The van der Waals surface area contributed by atoms with E-state index in [2.05, 4.69) is 0 Å². The van der Waals surface area contributed by atoms with E-state index in [-0.39, 0.29) is 17.8 Å². The first-order chi connectivity index (χ1) is 7.87. The molecule has 0 unspecified atom stereocenters.